The molecular formula is C14H22N2O3S. The molecule has 2 unspecified atom stereocenters. The number of benzene rings is 1. The van der Waals surface area contributed by atoms with Crippen molar-refractivity contribution in [3.05, 3.63) is 18.2 Å². The van der Waals surface area contributed by atoms with Gasteiger partial charge in [0, 0.05) is 18.7 Å². The molecule has 0 amide bonds. The van der Waals surface area contributed by atoms with Gasteiger partial charge in [-0.3, -0.25) is 0 Å². The van der Waals surface area contributed by atoms with Crippen LogP contribution >= 0.6 is 0 Å². The summed E-state index contributed by atoms with van der Waals surface area (Å²) in [5, 5.41) is 13.1. The zero-order chi connectivity index (χ0) is 14.8. The Morgan fingerprint density at radius 1 is 1.35 bits per heavy atom. The first kappa shape index (κ1) is 15.1. The van der Waals surface area contributed by atoms with Crippen molar-refractivity contribution in [1.29, 1.82) is 0 Å². The molecule has 5 nitrogen and oxygen atoms in total. The smallest absolute Gasteiger partial charge is 0.175 e. The molecule has 0 radical (unpaired) electrons. The average molecular weight is 298 g/mol. The first-order chi connectivity index (χ1) is 9.38. The van der Waals surface area contributed by atoms with Gasteiger partial charge in [-0.1, -0.05) is 12.8 Å². The van der Waals surface area contributed by atoms with Gasteiger partial charge in [0.25, 0.3) is 0 Å². The Balaban J connectivity index is 2.03. The lowest BCUT2D eigenvalue weighted by molar-refractivity contribution is 0.0763. The normalized spacial score (nSPS) is 23.5. The highest BCUT2D eigenvalue weighted by Gasteiger charge is 2.22. The van der Waals surface area contributed by atoms with Crippen LogP contribution in [-0.2, 0) is 9.84 Å². The predicted molar refractivity (Wildman–Crippen MR) is 80.4 cm³/mol. The van der Waals surface area contributed by atoms with Gasteiger partial charge in [0.15, 0.2) is 9.84 Å². The predicted octanol–water partition coefficient (Wildman–Crippen LogP) is 1.64. The van der Waals surface area contributed by atoms with E-state index < -0.39 is 9.84 Å². The molecule has 4 N–H and O–H groups in total. The molecule has 2 rings (SSSR count). The van der Waals surface area contributed by atoms with Gasteiger partial charge < -0.3 is 16.2 Å². The van der Waals surface area contributed by atoms with Crippen molar-refractivity contribution >= 4 is 21.2 Å². The van der Waals surface area contributed by atoms with Crippen LogP contribution in [-0.4, -0.2) is 32.4 Å². The maximum absolute atomic E-state index is 11.4. The lowest BCUT2D eigenvalue weighted by atomic mass is 9.86. The van der Waals surface area contributed by atoms with Crippen LogP contribution in [0.2, 0.25) is 0 Å². The Labute approximate surface area is 120 Å². The molecule has 0 saturated heterocycles. The lowest BCUT2D eigenvalue weighted by Gasteiger charge is -2.28. The maximum atomic E-state index is 11.4. The van der Waals surface area contributed by atoms with E-state index in [1.807, 2.05) is 0 Å². The van der Waals surface area contributed by atoms with Crippen LogP contribution in [0.15, 0.2) is 23.1 Å². The third-order valence-corrected chi connectivity index (χ3v) is 4.99. The highest BCUT2D eigenvalue weighted by atomic mass is 32.2. The molecule has 1 fully saturated rings. The van der Waals surface area contributed by atoms with Gasteiger partial charge in [0.2, 0.25) is 0 Å². The monoisotopic (exact) mass is 298 g/mol. The molecule has 6 heteroatoms. The van der Waals surface area contributed by atoms with Gasteiger partial charge in [-0.25, -0.2) is 8.42 Å². The fraction of sp³-hybridized carbons (Fsp3) is 0.571. The average Bonchev–Trinajstić information content (AvgIpc) is 2.38. The van der Waals surface area contributed by atoms with Crippen molar-refractivity contribution in [2.75, 3.05) is 23.9 Å². The van der Waals surface area contributed by atoms with Crippen LogP contribution in [0.25, 0.3) is 0 Å². The molecule has 20 heavy (non-hydrogen) atoms. The Hall–Kier alpha value is -1.27. The molecule has 0 spiro atoms. The minimum atomic E-state index is -3.23. The molecule has 0 bridgehead atoms. The van der Waals surface area contributed by atoms with Crippen molar-refractivity contribution in [3.8, 4) is 0 Å². The second kappa shape index (κ2) is 6.01. The summed E-state index contributed by atoms with van der Waals surface area (Å²) in [6.45, 7) is 0.656. The number of hydrogen-bond donors (Lipinski definition) is 3. The van der Waals surface area contributed by atoms with Crippen molar-refractivity contribution < 1.29 is 13.5 Å². The zero-order valence-corrected chi connectivity index (χ0v) is 12.5. The first-order valence-corrected chi connectivity index (χ1v) is 8.78. The van der Waals surface area contributed by atoms with Gasteiger partial charge in [0.05, 0.1) is 22.4 Å². The number of aliphatic hydroxyl groups is 1. The van der Waals surface area contributed by atoms with E-state index in [9.17, 15) is 13.5 Å². The summed E-state index contributed by atoms with van der Waals surface area (Å²) in [4.78, 5) is 0.221. The van der Waals surface area contributed by atoms with Crippen molar-refractivity contribution in [2.24, 2.45) is 5.92 Å². The molecule has 1 aromatic carbocycles. The fourth-order valence-corrected chi connectivity index (χ4v) is 3.26. The molecule has 0 aliphatic heterocycles. The maximum Gasteiger partial charge on any atom is 0.175 e. The Morgan fingerprint density at radius 3 is 2.65 bits per heavy atom. The van der Waals surface area contributed by atoms with Crippen LogP contribution in [0.1, 0.15) is 25.7 Å². The van der Waals surface area contributed by atoms with Gasteiger partial charge >= 0.3 is 0 Å². The molecule has 0 heterocycles. The molecular weight excluding hydrogens is 276 g/mol. The molecule has 1 aromatic rings. The van der Waals surface area contributed by atoms with Crippen molar-refractivity contribution in [3.63, 3.8) is 0 Å². The number of aliphatic hydroxyl groups excluding tert-OH is 1. The molecule has 2 atom stereocenters. The first-order valence-electron chi connectivity index (χ1n) is 6.89. The van der Waals surface area contributed by atoms with E-state index >= 15 is 0 Å². The van der Waals surface area contributed by atoms with E-state index in [-0.39, 0.29) is 16.9 Å². The number of rotatable bonds is 4. The summed E-state index contributed by atoms with van der Waals surface area (Å²) >= 11 is 0. The summed E-state index contributed by atoms with van der Waals surface area (Å²) in [6, 6.07) is 4.70. The highest BCUT2D eigenvalue weighted by molar-refractivity contribution is 7.90. The third kappa shape index (κ3) is 3.64. The van der Waals surface area contributed by atoms with E-state index in [1.54, 1.807) is 12.1 Å². The van der Waals surface area contributed by atoms with Gasteiger partial charge in [-0.05, 0) is 31.0 Å². The number of nitrogens with two attached hydrogens (primary N) is 1. The number of nitrogen functional groups attached to an aromatic ring is 1. The molecule has 1 saturated carbocycles. The van der Waals surface area contributed by atoms with E-state index in [1.165, 1.54) is 6.07 Å². The lowest BCUT2D eigenvalue weighted by Crippen LogP contribution is -2.30. The minimum Gasteiger partial charge on any atom is -0.397 e. The minimum absolute atomic E-state index is 0.221. The summed E-state index contributed by atoms with van der Waals surface area (Å²) in [5.41, 5.74) is 7.01. The van der Waals surface area contributed by atoms with Crippen LogP contribution in [0.3, 0.4) is 0 Å². The Bertz CT molecular complexity index is 572. The number of sulfone groups is 1. The number of nitrogens with one attached hydrogen (secondary N) is 1. The summed E-state index contributed by atoms with van der Waals surface area (Å²) in [5.74, 6) is 0.234. The van der Waals surface area contributed by atoms with E-state index in [4.69, 9.17) is 5.73 Å². The zero-order valence-electron chi connectivity index (χ0n) is 11.7. The van der Waals surface area contributed by atoms with Crippen LogP contribution in [0.4, 0.5) is 11.4 Å². The summed E-state index contributed by atoms with van der Waals surface area (Å²) in [7, 11) is -3.23. The third-order valence-electron chi connectivity index (χ3n) is 3.87. The summed E-state index contributed by atoms with van der Waals surface area (Å²) in [6.07, 6.45) is 5.00. The quantitative estimate of drug-likeness (QED) is 0.735. The molecule has 1 aliphatic carbocycles. The van der Waals surface area contributed by atoms with Gasteiger partial charge in [-0.2, -0.15) is 0 Å². The van der Waals surface area contributed by atoms with Crippen LogP contribution in [0, 0.1) is 5.92 Å². The number of hydrogen-bond acceptors (Lipinski definition) is 5. The SMILES string of the molecule is CS(=O)(=O)c1ccc(NCC2CCCCC2O)c(N)c1. The Kier molecular flexibility index (Phi) is 4.55. The van der Waals surface area contributed by atoms with Crippen LogP contribution in [0.5, 0.6) is 0 Å². The largest absolute Gasteiger partial charge is 0.397 e. The Morgan fingerprint density at radius 2 is 2.05 bits per heavy atom. The van der Waals surface area contributed by atoms with Crippen molar-refractivity contribution in [2.45, 2.75) is 36.7 Å². The second-order valence-corrected chi connectivity index (χ2v) is 7.53. The van der Waals surface area contributed by atoms with Crippen molar-refractivity contribution in [1.82, 2.24) is 0 Å². The fourth-order valence-electron chi connectivity index (χ4n) is 2.60. The molecule has 0 aromatic heterocycles. The summed E-state index contributed by atoms with van der Waals surface area (Å²) < 4.78 is 22.9. The topological polar surface area (TPSA) is 92.4 Å². The van der Waals surface area contributed by atoms with Gasteiger partial charge in [0.1, 0.15) is 0 Å². The number of anilines is 2. The van der Waals surface area contributed by atoms with E-state index in [2.05, 4.69) is 5.32 Å². The van der Waals surface area contributed by atoms with E-state index in [0.717, 1.165) is 37.6 Å². The second-order valence-electron chi connectivity index (χ2n) is 5.51. The van der Waals surface area contributed by atoms with Gasteiger partial charge in [-0.15, -0.1) is 0 Å². The van der Waals surface area contributed by atoms with Crippen LogP contribution < -0.4 is 11.1 Å². The molecule has 1 aliphatic rings. The standard InChI is InChI=1S/C14H22N2O3S/c1-20(18,19)11-6-7-13(12(15)8-11)16-9-10-4-2-3-5-14(10)17/h6-8,10,14,16-17H,2-5,9,15H2,1H3. The highest BCUT2D eigenvalue weighted by Crippen LogP contribution is 2.27. The van der Waals surface area contributed by atoms with E-state index in [0.29, 0.717) is 12.2 Å². The molecule has 112 valence electrons.